The van der Waals surface area contributed by atoms with Gasteiger partial charge in [0.2, 0.25) is 0 Å². The van der Waals surface area contributed by atoms with Gasteiger partial charge in [-0.1, -0.05) is 30.7 Å². The van der Waals surface area contributed by atoms with E-state index in [9.17, 15) is 0 Å². The van der Waals surface area contributed by atoms with Crippen LogP contribution in [-0.2, 0) is 6.54 Å². The van der Waals surface area contributed by atoms with Crippen molar-refractivity contribution in [3.8, 4) is 6.07 Å². The zero-order chi connectivity index (χ0) is 12.0. The lowest BCUT2D eigenvalue weighted by Gasteiger charge is -2.25. The third-order valence-corrected chi connectivity index (χ3v) is 3.02. The molecule has 0 bridgehead atoms. The minimum absolute atomic E-state index is 0.334. The highest BCUT2D eigenvalue weighted by atomic mass is 35.5. The molecule has 1 rings (SSSR count). The predicted molar refractivity (Wildman–Crippen MR) is 67.2 cm³/mol. The van der Waals surface area contributed by atoms with E-state index in [2.05, 4.69) is 24.9 Å². The lowest BCUT2D eigenvalue weighted by atomic mass is 10.1. The van der Waals surface area contributed by atoms with Crippen molar-refractivity contribution in [2.24, 2.45) is 0 Å². The van der Waals surface area contributed by atoms with E-state index in [1.54, 1.807) is 0 Å². The fourth-order valence-corrected chi connectivity index (χ4v) is 1.85. The first-order valence-electron chi connectivity index (χ1n) is 5.49. The van der Waals surface area contributed by atoms with E-state index < -0.39 is 0 Å². The van der Waals surface area contributed by atoms with Gasteiger partial charge in [0, 0.05) is 17.6 Å². The molecule has 0 aliphatic rings. The number of benzene rings is 1. The molecule has 0 saturated carbocycles. The summed E-state index contributed by atoms with van der Waals surface area (Å²) in [7, 11) is 2.06. The van der Waals surface area contributed by atoms with Crippen LogP contribution in [0.1, 0.15) is 25.3 Å². The highest BCUT2D eigenvalue weighted by Gasteiger charge is 2.12. The molecule has 0 spiro atoms. The van der Waals surface area contributed by atoms with E-state index in [0.29, 0.717) is 12.5 Å². The van der Waals surface area contributed by atoms with Crippen molar-refractivity contribution in [2.45, 2.75) is 32.4 Å². The molecule has 1 aromatic rings. The van der Waals surface area contributed by atoms with Crippen LogP contribution in [0.25, 0.3) is 0 Å². The van der Waals surface area contributed by atoms with Gasteiger partial charge in [-0.05, 0) is 31.2 Å². The normalized spacial score (nSPS) is 12.4. The summed E-state index contributed by atoms with van der Waals surface area (Å²) in [4.78, 5) is 2.21. The van der Waals surface area contributed by atoms with Crippen molar-refractivity contribution >= 4 is 11.6 Å². The monoisotopic (exact) mass is 236 g/mol. The molecule has 0 aromatic heterocycles. The van der Waals surface area contributed by atoms with Gasteiger partial charge in [-0.25, -0.2) is 0 Å². The van der Waals surface area contributed by atoms with Gasteiger partial charge >= 0.3 is 0 Å². The van der Waals surface area contributed by atoms with E-state index in [-0.39, 0.29) is 0 Å². The van der Waals surface area contributed by atoms with Crippen LogP contribution >= 0.6 is 11.6 Å². The van der Waals surface area contributed by atoms with Gasteiger partial charge in [-0.3, -0.25) is 4.90 Å². The molecular formula is C13H17ClN2. The SMILES string of the molecule is CCC(CC#N)N(C)Cc1ccc(Cl)cc1. The van der Waals surface area contributed by atoms with Crippen LogP contribution in [-0.4, -0.2) is 18.0 Å². The molecule has 86 valence electrons. The zero-order valence-corrected chi connectivity index (χ0v) is 10.5. The van der Waals surface area contributed by atoms with Crippen molar-refractivity contribution in [1.29, 1.82) is 5.26 Å². The first-order valence-corrected chi connectivity index (χ1v) is 5.86. The molecular weight excluding hydrogens is 220 g/mol. The largest absolute Gasteiger partial charge is 0.298 e. The second kappa shape index (κ2) is 6.52. The van der Waals surface area contributed by atoms with Gasteiger partial charge in [0.05, 0.1) is 12.5 Å². The maximum Gasteiger partial charge on any atom is 0.0638 e. The molecule has 1 atom stereocenters. The number of rotatable bonds is 5. The van der Waals surface area contributed by atoms with Gasteiger partial charge in [0.25, 0.3) is 0 Å². The smallest absolute Gasteiger partial charge is 0.0638 e. The van der Waals surface area contributed by atoms with Crippen molar-refractivity contribution in [3.63, 3.8) is 0 Å². The van der Waals surface area contributed by atoms with Crippen molar-refractivity contribution in [3.05, 3.63) is 34.9 Å². The van der Waals surface area contributed by atoms with Crippen LogP contribution in [0.15, 0.2) is 24.3 Å². The summed E-state index contributed by atoms with van der Waals surface area (Å²) in [5.41, 5.74) is 1.23. The zero-order valence-electron chi connectivity index (χ0n) is 9.78. The van der Waals surface area contributed by atoms with Crippen molar-refractivity contribution in [2.75, 3.05) is 7.05 Å². The highest BCUT2D eigenvalue weighted by Crippen LogP contribution is 2.14. The number of halogens is 1. The summed E-state index contributed by atoms with van der Waals surface area (Å²) in [6.07, 6.45) is 1.58. The maximum atomic E-state index is 8.73. The predicted octanol–water partition coefficient (Wildman–Crippen LogP) is 3.46. The summed E-state index contributed by atoms with van der Waals surface area (Å²) >= 11 is 5.83. The maximum absolute atomic E-state index is 8.73. The Morgan fingerprint density at radius 3 is 2.50 bits per heavy atom. The van der Waals surface area contributed by atoms with Crippen LogP contribution in [0.3, 0.4) is 0 Å². The molecule has 3 heteroatoms. The van der Waals surface area contributed by atoms with Crippen molar-refractivity contribution < 1.29 is 0 Å². The first kappa shape index (κ1) is 13.0. The van der Waals surface area contributed by atoms with Crippen LogP contribution in [0.4, 0.5) is 0 Å². The van der Waals surface area contributed by atoms with E-state index >= 15 is 0 Å². The Bertz CT molecular complexity index is 353. The Morgan fingerprint density at radius 1 is 1.38 bits per heavy atom. The fraction of sp³-hybridized carbons (Fsp3) is 0.462. The first-order chi connectivity index (χ1) is 7.67. The average Bonchev–Trinajstić information content (AvgIpc) is 2.29. The summed E-state index contributed by atoms with van der Waals surface area (Å²) < 4.78 is 0. The number of nitriles is 1. The van der Waals surface area contributed by atoms with Crippen LogP contribution in [0, 0.1) is 11.3 Å². The van der Waals surface area contributed by atoms with Crippen LogP contribution < -0.4 is 0 Å². The topological polar surface area (TPSA) is 27.0 Å². The van der Waals surface area contributed by atoms with Crippen LogP contribution in [0.5, 0.6) is 0 Å². The Kier molecular flexibility index (Phi) is 5.31. The second-order valence-electron chi connectivity index (χ2n) is 3.97. The molecule has 2 nitrogen and oxygen atoms in total. The number of hydrogen-bond donors (Lipinski definition) is 0. The number of hydrogen-bond acceptors (Lipinski definition) is 2. The summed E-state index contributed by atoms with van der Waals surface area (Å²) in [5.74, 6) is 0. The minimum Gasteiger partial charge on any atom is -0.298 e. The second-order valence-corrected chi connectivity index (χ2v) is 4.40. The third kappa shape index (κ3) is 3.84. The van der Waals surface area contributed by atoms with Crippen LogP contribution in [0.2, 0.25) is 5.02 Å². The average molecular weight is 237 g/mol. The summed E-state index contributed by atoms with van der Waals surface area (Å²) in [6, 6.07) is 10.4. The van der Waals surface area contributed by atoms with E-state index in [1.807, 2.05) is 24.3 Å². The number of nitrogens with zero attached hydrogens (tertiary/aromatic N) is 2. The molecule has 16 heavy (non-hydrogen) atoms. The minimum atomic E-state index is 0.334. The highest BCUT2D eigenvalue weighted by molar-refractivity contribution is 6.30. The molecule has 1 unspecified atom stereocenters. The van der Waals surface area contributed by atoms with Gasteiger partial charge in [0.15, 0.2) is 0 Å². The molecule has 0 fully saturated rings. The molecule has 1 aromatic carbocycles. The quantitative estimate of drug-likeness (QED) is 0.783. The van der Waals surface area contributed by atoms with Gasteiger partial charge < -0.3 is 0 Å². The lowest BCUT2D eigenvalue weighted by molar-refractivity contribution is 0.230. The Hall–Kier alpha value is -1.04. The molecule has 0 aliphatic heterocycles. The Morgan fingerprint density at radius 2 is 2.00 bits per heavy atom. The fourth-order valence-electron chi connectivity index (χ4n) is 1.72. The molecule has 0 N–H and O–H groups in total. The van der Waals surface area contributed by atoms with Crippen molar-refractivity contribution in [1.82, 2.24) is 4.90 Å². The van der Waals surface area contributed by atoms with Gasteiger partial charge in [-0.2, -0.15) is 5.26 Å². The summed E-state index contributed by atoms with van der Waals surface area (Å²) in [5, 5.41) is 9.48. The molecule has 0 radical (unpaired) electrons. The molecule has 0 amide bonds. The van der Waals surface area contributed by atoms with Gasteiger partial charge in [0.1, 0.15) is 0 Å². The lowest BCUT2D eigenvalue weighted by Crippen LogP contribution is -2.30. The van der Waals surface area contributed by atoms with Gasteiger partial charge in [-0.15, -0.1) is 0 Å². The van der Waals surface area contributed by atoms with E-state index in [4.69, 9.17) is 16.9 Å². The molecule has 0 saturated heterocycles. The Labute approximate surface area is 102 Å². The standard InChI is InChI=1S/C13H17ClN2/c1-3-13(8-9-15)16(2)10-11-4-6-12(14)7-5-11/h4-7,13H,3,8,10H2,1-2H3. The van der Waals surface area contributed by atoms with E-state index in [0.717, 1.165) is 18.0 Å². The third-order valence-electron chi connectivity index (χ3n) is 2.77. The molecule has 0 heterocycles. The Balaban J connectivity index is 2.59. The molecule has 0 aliphatic carbocycles. The van der Waals surface area contributed by atoms with E-state index in [1.165, 1.54) is 5.56 Å². The summed E-state index contributed by atoms with van der Waals surface area (Å²) in [6.45, 7) is 2.97.